The summed E-state index contributed by atoms with van der Waals surface area (Å²) in [6, 6.07) is 0. The molecule has 0 saturated carbocycles. The van der Waals surface area contributed by atoms with Crippen LogP contribution in [0.4, 0.5) is 0 Å². The van der Waals surface area contributed by atoms with Gasteiger partial charge < -0.3 is 0 Å². The van der Waals surface area contributed by atoms with Crippen LogP contribution in [0, 0.1) is 0 Å². The summed E-state index contributed by atoms with van der Waals surface area (Å²) in [5.41, 5.74) is 0. The number of rotatable bonds is 0. The summed E-state index contributed by atoms with van der Waals surface area (Å²) in [5, 5.41) is 0. The second-order valence-electron chi connectivity index (χ2n) is 7.02. The molecule has 72 valence electrons. The third-order valence-electron chi connectivity index (χ3n) is 2.87. The van der Waals surface area contributed by atoms with Gasteiger partial charge in [-0.3, -0.25) is 0 Å². The molecule has 0 radical (unpaired) electrons. The molecule has 1 saturated heterocycles. The summed E-state index contributed by atoms with van der Waals surface area (Å²) < 4.78 is 5.55. The van der Waals surface area contributed by atoms with Crippen LogP contribution in [0.1, 0.15) is 0 Å². The van der Waals surface area contributed by atoms with Crippen LogP contribution in [0.3, 0.4) is 0 Å². The molecule has 1 aliphatic rings. The second-order valence-corrected chi connectivity index (χ2v) is 67.4. The molecule has 12 heavy (non-hydrogen) atoms. The van der Waals surface area contributed by atoms with Gasteiger partial charge in [0.15, 0.2) is 0 Å². The van der Waals surface area contributed by atoms with Crippen LogP contribution < -0.4 is 0 Å². The van der Waals surface area contributed by atoms with Gasteiger partial charge in [-0.15, -0.1) is 0 Å². The van der Waals surface area contributed by atoms with E-state index in [1.807, 2.05) is 7.36 Å². The molecule has 0 bridgehead atoms. The summed E-state index contributed by atoms with van der Waals surface area (Å²) in [6.07, 6.45) is 0. The van der Waals surface area contributed by atoms with Gasteiger partial charge in [0, 0.05) is 0 Å². The molecule has 0 nitrogen and oxygen atoms in total. The van der Waals surface area contributed by atoms with E-state index < -0.39 is 55.1 Å². The van der Waals surface area contributed by atoms with Crippen molar-refractivity contribution in [2.45, 2.75) is 37.0 Å². The van der Waals surface area contributed by atoms with Crippen molar-refractivity contribution in [3.8, 4) is 0 Å². The molecule has 0 aromatic carbocycles. The average Bonchev–Trinajstić information content (AvgIpc) is 1.44. The van der Waals surface area contributed by atoms with Crippen molar-refractivity contribution in [2.24, 2.45) is 0 Å². The third kappa shape index (κ3) is 3.87. The van der Waals surface area contributed by atoms with E-state index in [0.29, 0.717) is 0 Å². The first-order valence-electron chi connectivity index (χ1n) is 5.12. The van der Waals surface area contributed by atoms with E-state index in [4.69, 9.17) is 0 Å². The molecule has 3 heteroatoms. The molecule has 0 aromatic heterocycles. The second kappa shape index (κ2) is 3.76. The molecule has 1 rings (SSSR count). The topological polar surface area (TPSA) is 0 Å². The van der Waals surface area contributed by atoms with E-state index >= 15 is 0 Å². The molecule has 0 aliphatic carbocycles. The quantitative estimate of drug-likeness (QED) is 0.456. The molecular weight excluding hydrogens is 464 g/mol. The summed E-state index contributed by atoms with van der Waals surface area (Å²) in [5.74, 6) is 0. The number of hydrogen-bond donors (Lipinski definition) is 0. The van der Waals surface area contributed by atoms with E-state index in [1.54, 1.807) is 0 Å². The molecule has 1 heterocycles. The van der Waals surface area contributed by atoms with Crippen molar-refractivity contribution < 1.29 is 0 Å². The Morgan fingerprint density at radius 3 is 0.833 bits per heavy atom. The van der Waals surface area contributed by atoms with Gasteiger partial charge in [-0.2, -0.15) is 0 Å². The minimum atomic E-state index is -1.40. The maximum absolute atomic E-state index is 2.73. The summed E-state index contributed by atoms with van der Waals surface area (Å²) in [6.45, 7) is 0. The van der Waals surface area contributed by atoms with E-state index in [2.05, 4.69) is 29.6 Å². The Morgan fingerprint density at radius 1 is 0.500 bits per heavy atom. The zero-order valence-corrected chi connectivity index (χ0v) is 18.2. The fourth-order valence-corrected chi connectivity index (χ4v) is 231. The monoisotopic (exact) mass is 492 g/mol. The molecule has 1 fully saturated rings. The Bertz CT molecular complexity index is 137. The summed E-state index contributed by atoms with van der Waals surface area (Å²) >= 11 is -4.19. The third-order valence-corrected chi connectivity index (χ3v) is 129. The predicted molar refractivity (Wildman–Crippen MR) is 66.9 cm³/mol. The Hall–Kier alpha value is 2.40. The predicted octanol–water partition coefficient (Wildman–Crippen LogP) is 3.74. The molecule has 0 amide bonds. The van der Waals surface area contributed by atoms with Gasteiger partial charge in [0.25, 0.3) is 0 Å². The minimum absolute atomic E-state index is 1.40. The zero-order chi connectivity index (χ0) is 9.62. The van der Waals surface area contributed by atoms with Crippen molar-refractivity contribution in [2.75, 3.05) is 0 Å². The maximum atomic E-state index is 2.73. The van der Waals surface area contributed by atoms with Crippen LogP contribution in [-0.2, 0) is 0 Å². The molecule has 1 aliphatic heterocycles. The molecule has 0 atom stereocenters. The van der Waals surface area contributed by atoms with Crippen LogP contribution in [0.5, 0.6) is 0 Å². The van der Waals surface area contributed by atoms with Crippen molar-refractivity contribution in [1.82, 2.24) is 0 Å². The zero-order valence-electron chi connectivity index (χ0n) is 9.62. The van der Waals surface area contributed by atoms with Gasteiger partial charge in [-0.05, 0) is 0 Å². The molecular formula is C9H24Sn3. The van der Waals surface area contributed by atoms with Crippen LogP contribution in [-0.4, -0.2) is 55.1 Å². The summed E-state index contributed by atoms with van der Waals surface area (Å²) in [4.78, 5) is 16.4. The first-order valence-corrected chi connectivity index (χ1v) is 34.4. The van der Waals surface area contributed by atoms with Crippen LogP contribution in [0.15, 0.2) is 0 Å². The van der Waals surface area contributed by atoms with Crippen LogP contribution >= 0.6 is 0 Å². The van der Waals surface area contributed by atoms with Crippen molar-refractivity contribution >= 4 is 55.1 Å². The van der Waals surface area contributed by atoms with E-state index in [0.717, 1.165) is 0 Å². The fourth-order valence-electron chi connectivity index (χ4n) is 4.07. The van der Waals surface area contributed by atoms with E-state index in [9.17, 15) is 0 Å². The first kappa shape index (κ1) is 12.5. The standard InChI is InChI=1S/6CH3.3CH2.3Sn/h6*1H3;3*1H2;;;. The molecule has 0 N–H and O–H groups in total. The normalized spacial score (nSPS) is 31.5. The van der Waals surface area contributed by atoms with Gasteiger partial charge in [-0.1, -0.05) is 0 Å². The average molecular weight is 488 g/mol. The van der Waals surface area contributed by atoms with Gasteiger partial charge >= 0.3 is 92.1 Å². The molecule has 0 spiro atoms. The van der Waals surface area contributed by atoms with Gasteiger partial charge in [-0.25, -0.2) is 0 Å². The van der Waals surface area contributed by atoms with E-state index in [-0.39, 0.29) is 0 Å². The van der Waals surface area contributed by atoms with Crippen LogP contribution in [0.2, 0.25) is 37.0 Å². The Morgan fingerprint density at radius 2 is 0.667 bits per heavy atom. The van der Waals surface area contributed by atoms with Crippen molar-refractivity contribution in [1.29, 1.82) is 0 Å². The SMILES string of the molecule is [CH3][Sn]1([CH3])[CH2][Sn]([CH3])([CH3])[CH2][Sn]([CH3])([CH3])[CH2]1. The molecule has 0 unspecified atom stereocenters. The van der Waals surface area contributed by atoms with Crippen molar-refractivity contribution in [3.63, 3.8) is 0 Å². The number of hydrogen-bond acceptors (Lipinski definition) is 0. The first-order chi connectivity index (χ1) is 5.12. The Labute approximate surface area is 90.5 Å². The Kier molecular flexibility index (Phi) is 3.91. The molecule has 0 aromatic rings. The van der Waals surface area contributed by atoms with Gasteiger partial charge in [0.05, 0.1) is 0 Å². The van der Waals surface area contributed by atoms with E-state index in [1.165, 1.54) is 0 Å². The Balaban J connectivity index is 2.81. The van der Waals surface area contributed by atoms with Gasteiger partial charge in [0.1, 0.15) is 0 Å². The van der Waals surface area contributed by atoms with Gasteiger partial charge in [0.2, 0.25) is 0 Å². The van der Waals surface area contributed by atoms with Crippen molar-refractivity contribution in [3.05, 3.63) is 0 Å². The fraction of sp³-hybridized carbons (Fsp3) is 1.00. The van der Waals surface area contributed by atoms with Crippen LogP contribution in [0.25, 0.3) is 0 Å². The summed E-state index contributed by atoms with van der Waals surface area (Å²) in [7, 11) is 0.